The number of nitrogens with one attached hydrogen (secondary N) is 2. The number of ether oxygens (including phenoxy) is 3. The van der Waals surface area contributed by atoms with Crippen molar-refractivity contribution < 1.29 is 32.2 Å². The number of benzene rings is 1. The summed E-state index contributed by atoms with van der Waals surface area (Å²) in [6, 6.07) is 4.62. The largest absolute Gasteiger partial charge is 0.484 e. The summed E-state index contributed by atoms with van der Waals surface area (Å²) in [7, 11) is -1.24. The summed E-state index contributed by atoms with van der Waals surface area (Å²) in [5.41, 5.74) is 0.0843. The van der Waals surface area contributed by atoms with E-state index in [1.54, 1.807) is 46.9 Å². The second-order valence-electron chi connectivity index (χ2n) is 9.07. The van der Waals surface area contributed by atoms with Gasteiger partial charge in [0.25, 0.3) is 10.0 Å². The second kappa shape index (κ2) is 9.64. The van der Waals surface area contributed by atoms with E-state index in [9.17, 15) is 18.0 Å². The van der Waals surface area contributed by atoms with Crippen LogP contribution in [0.3, 0.4) is 0 Å². The highest BCUT2D eigenvalue weighted by Crippen LogP contribution is 2.41. The van der Waals surface area contributed by atoms with Crippen molar-refractivity contribution in [3.8, 4) is 11.6 Å². The fourth-order valence-electron chi connectivity index (χ4n) is 3.65. The normalized spacial score (nSPS) is 15.6. The van der Waals surface area contributed by atoms with Gasteiger partial charge in [0.2, 0.25) is 11.8 Å². The van der Waals surface area contributed by atoms with E-state index in [1.165, 1.54) is 29.1 Å². The Hall–Kier alpha value is -3.48. The predicted molar refractivity (Wildman–Crippen MR) is 128 cm³/mol. The van der Waals surface area contributed by atoms with E-state index >= 15 is 0 Å². The lowest BCUT2D eigenvalue weighted by molar-refractivity contribution is -0.119. The molecule has 2 N–H and O–H groups in total. The molecule has 2 aromatic rings. The molecule has 2 amide bonds. The van der Waals surface area contributed by atoms with E-state index in [4.69, 9.17) is 14.2 Å². The van der Waals surface area contributed by atoms with Gasteiger partial charge in [-0.3, -0.25) is 14.4 Å². The van der Waals surface area contributed by atoms with Gasteiger partial charge in [0, 0.05) is 19.7 Å². The van der Waals surface area contributed by atoms with E-state index in [1.807, 2.05) is 0 Å². The second-order valence-corrected chi connectivity index (χ2v) is 10.9. The van der Waals surface area contributed by atoms with Gasteiger partial charge in [0.1, 0.15) is 17.5 Å². The van der Waals surface area contributed by atoms with Crippen LogP contribution in [0.1, 0.15) is 33.4 Å². The van der Waals surface area contributed by atoms with Gasteiger partial charge in [-0.15, -0.1) is 0 Å². The Morgan fingerprint density at radius 1 is 1.29 bits per heavy atom. The molecule has 0 unspecified atom stereocenters. The summed E-state index contributed by atoms with van der Waals surface area (Å²) in [5, 5.41) is 9.46. The molecule has 3 rings (SSSR count). The monoisotopic (exact) mass is 509 g/mol. The minimum Gasteiger partial charge on any atom is -0.484 e. The van der Waals surface area contributed by atoms with E-state index in [0.717, 1.165) is 0 Å². The summed E-state index contributed by atoms with van der Waals surface area (Å²) in [6.45, 7) is 8.15. The van der Waals surface area contributed by atoms with Crippen molar-refractivity contribution in [2.45, 2.75) is 51.2 Å². The molecule has 192 valence electrons. The van der Waals surface area contributed by atoms with E-state index in [2.05, 4.69) is 15.7 Å². The molecule has 0 saturated carbocycles. The third kappa shape index (κ3) is 5.78. The Morgan fingerprint density at radius 2 is 1.97 bits per heavy atom. The lowest BCUT2D eigenvalue weighted by atomic mass is 10.2. The van der Waals surface area contributed by atoms with Crippen LogP contribution in [0.25, 0.3) is 0 Å². The fraction of sp³-hybridized carbons (Fsp3) is 0.500. The van der Waals surface area contributed by atoms with Crippen LogP contribution in [0, 0.1) is 6.92 Å². The Labute approximate surface area is 204 Å². The lowest BCUT2D eigenvalue weighted by Gasteiger charge is -2.35. The molecule has 0 fully saturated rings. The first kappa shape index (κ1) is 26.1. The fourth-order valence-corrected chi connectivity index (χ4v) is 5.49. The maximum Gasteiger partial charge on any atom is 0.412 e. The van der Waals surface area contributed by atoms with Crippen LogP contribution in [0.15, 0.2) is 23.1 Å². The summed E-state index contributed by atoms with van der Waals surface area (Å²) >= 11 is 0. The van der Waals surface area contributed by atoms with E-state index < -0.39 is 27.8 Å². The van der Waals surface area contributed by atoms with Crippen LogP contribution in [-0.2, 0) is 26.6 Å². The minimum atomic E-state index is -4.19. The number of aromatic nitrogens is 2. The zero-order valence-corrected chi connectivity index (χ0v) is 21.6. The first-order valence-electron chi connectivity index (χ1n) is 10.9. The van der Waals surface area contributed by atoms with Crippen LogP contribution < -0.4 is 24.4 Å². The molecule has 1 aliphatic rings. The van der Waals surface area contributed by atoms with E-state index in [-0.39, 0.29) is 46.9 Å². The van der Waals surface area contributed by atoms with Gasteiger partial charge in [-0.05, 0) is 45.9 Å². The molecular formula is C22H31N5O7S. The van der Waals surface area contributed by atoms with Crippen molar-refractivity contribution in [2.24, 2.45) is 7.05 Å². The third-order valence-electron chi connectivity index (χ3n) is 4.97. The molecule has 1 atom stereocenters. The van der Waals surface area contributed by atoms with Crippen molar-refractivity contribution in [1.82, 2.24) is 15.1 Å². The molecule has 12 nitrogen and oxygen atoms in total. The van der Waals surface area contributed by atoms with Crippen LogP contribution >= 0.6 is 0 Å². The van der Waals surface area contributed by atoms with Gasteiger partial charge in [-0.25, -0.2) is 17.9 Å². The van der Waals surface area contributed by atoms with Crippen molar-refractivity contribution >= 4 is 33.4 Å². The van der Waals surface area contributed by atoms with Gasteiger partial charge in [0.05, 0.1) is 31.6 Å². The Bertz CT molecular complexity index is 1230. The molecule has 0 spiro atoms. The standard InChI is InChI=1S/C22H31N5O7S/c1-13-19(20(32-7)26(6)25-13)35(30,31)27-12-16(11-23-14(2)28)33-18-9-8-15(10-17(18)27)24-21(29)34-22(3,4)5/h8-10,16H,11-12H2,1-7H3,(H,23,28)(H,24,29)/t16-/m0/s1. The van der Waals surface area contributed by atoms with Gasteiger partial charge >= 0.3 is 6.09 Å². The van der Waals surface area contributed by atoms with Crippen molar-refractivity contribution in [3.63, 3.8) is 0 Å². The number of fused-ring (bicyclic) bond motifs is 1. The highest BCUT2D eigenvalue weighted by atomic mass is 32.2. The Balaban J connectivity index is 2.06. The Morgan fingerprint density at radius 3 is 2.57 bits per heavy atom. The number of sulfonamides is 1. The van der Waals surface area contributed by atoms with Crippen molar-refractivity contribution in [1.29, 1.82) is 0 Å². The van der Waals surface area contributed by atoms with Crippen LogP contribution in [0.5, 0.6) is 11.6 Å². The molecule has 2 heterocycles. The first-order valence-corrected chi connectivity index (χ1v) is 12.3. The third-order valence-corrected chi connectivity index (χ3v) is 6.88. The lowest BCUT2D eigenvalue weighted by Crippen LogP contribution is -2.48. The number of aryl methyl sites for hydroxylation is 2. The maximum atomic E-state index is 13.9. The van der Waals surface area contributed by atoms with Gasteiger partial charge in [-0.1, -0.05) is 0 Å². The number of amides is 2. The summed E-state index contributed by atoms with van der Waals surface area (Å²) in [6.07, 6.45) is -1.34. The van der Waals surface area contributed by atoms with Crippen molar-refractivity contribution in [2.75, 3.05) is 29.8 Å². The van der Waals surface area contributed by atoms with Crippen LogP contribution in [-0.4, -0.2) is 62.1 Å². The molecule has 35 heavy (non-hydrogen) atoms. The SMILES string of the molecule is COc1c(S(=O)(=O)N2C[C@H](CNC(C)=O)Oc3ccc(NC(=O)OC(C)(C)C)cc32)c(C)nn1C. The molecular weight excluding hydrogens is 478 g/mol. The number of rotatable bonds is 6. The molecule has 13 heteroatoms. The topological polar surface area (TPSA) is 141 Å². The minimum absolute atomic E-state index is 0.0805. The summed E-state index contributed by atoms with van der Waals surface area (Å²) in [4.78, 5) is 23.6. The Kier molecular flexibility index (Phi) is 7.20. The molecule has 1 aromatic carbocycles. The number of hydrogen-bond donors (Lipinski definition) is 2. The number of hydrogen-bond acceptors (Lipinski definition) is 8. The molecule has 1 aromatic heterocycles. The van der Waals surface area contributed by atoms with Crippen LogP contribution in [0.2, 0.25) is 0 Å². The zero-order valence-electron chi connectivity index (χ0n) is 20.8. The highest BCUT2D eigenvalue weighted by Gasteiger charge is 2.39. The van der Waals surface area contributed by atoms with Gasteiger partial charge in [-0.2, -0.15) is 5.10 Å². The molecule has 0 aliphatic carbocycles. The summed E-state index contributed by atoms with van der Waals surface area (Å²) in [5.74, 6) is 0.0814. The van der Waals surface area contributed by atoms with Crippen LogP contribution in [0.4, 0.5) is 16.2 Å². The quantitative estimate of drug-likeness (QED) is 0.604. The number of methoxy groups -OCH3 is 1. The molecule has 0 bridgehead atoms. The molecule has 0 saturated heterocycles. The number of nitrogens with zero attached hydrogens (tertiary/aromatic N) is 3. The average molecular weight is 510 g/mol. The highest BCUT2D eigenvalue weighted by molar-refractivity contribution is 7.93. The zero-order chi connectivity index (χ0) is 26.1. The summed E-state index contributed by atoms with van der Waals surface area (Å²) < 4.78 is 46.9. The first-order chi connectivity index (χ1) is 16.2. The maximum absolute atomic E-state index is 13.9. The average Bonchev–Trinajstić information content (AvgIpc) is 3.03. The van der Waals surface area contributed by atoms with E-state index in [0.29, 0.717) is 5.69 Å². The smallest absolute Gasteiger partial charge is 0.412 e. The number of carbonyl (C=O) groups excluding carboxylic acids is 2. The number of anilines is 2. The molecule has 0 radical (unpaired) electrons. The predicted octanol–water partition coefficient (Wildman–Crippen LogP) is 2.18. The van der Waals surface area contributed by atoms with Crippen molar-refractivity contribution in [3.05, 3.63) is 23.9 Å². The molecule has 1 aliphatic heterocycles. The van der Waals surface area contributed by atoms with Gasteiger partial charge < -0.3 is 19.5 Å². The van der Waals surface area contributed by atoms with Gasteiger partial charge in [0.15, 0.2) is 4.90 Å². The number of carbonyl (C=O) groups is 2.